The highest BCUT2D eigenvalue weighted by Gasteiger charge is 2.19. The highest BCUT2D eigenvalue weighted by atomic mass is 32.1. The third-order valence-electron chi connectivity index (χ3n) is 4.02. The van der Waals surface area contributed by atoms with Crippen LogP contribution in [0, 0.1) is 0 Å². The molecular weight excluding hydrogens is 334 g/mol. The topological polar surface area (TPSA) is 56.2 Å². The van der Waals surface area contributed by atoms with Crippen LogP contribution in [0.5, 0.6) is 5.75 Å². The summed E-state index contributed by atoms with van der Waals surface area (Å²) in [6.07, 6.45) is 0.875. The van der Waals surface area contributed by atoms with E-state index >= 15 is 0 Å². The van der Waals surface area contributed by atoms with Crippen molar-refractivity contribution in [2.24, 2.45) is 0 Å². The number of nitrogens with zero attached hydrogens (tertiary/aromatic N) is 2. The third kappa shape index (κ3) is 3.74. The standard InChI is InChI=1S/C19H21N3O2S/c1-4-13(2)20-19(23)17-12-16(18-6-5-11-25-18)21-22(17)14-7-9-15(24-3)10-8-14/h5-13H,4H2,1-3H3,(H,20,23)/t13-/m0/s1. The summed E-state index contributed by atoms with van der Waals surface area (Å²) in [5, 5.41) is 9.67. The monoisotopic (exact) mass is 355 g/mol. The number of methoxy groups -OCH3 is 1. The molecule has 1 amide bonds. The van der Waals surface area contributed by atoms with E-state index in [0.717, 1.165) is 28.4 Å². The summed E-state index contributed by atoms with van der Waals surface area (Å²) in [6.45, 7) is 4.04. The second-order valence-electron chi connectivity index (χ2n) is 5.78. The normalized spacial score (nSPS) is 12.0. The van der Waals surface area contributed by atoms with Crippen molar-refractivity contribution in [3.05, 3.63) is 53.5 Å². The van der Waals surface area contributed by atoms with E-state index in [1.807, 2.05) is 61.7 Å². The maximum atomic E-state index is 12.7. The first-order valence-corrected chi connectivity index (χ1v) is 9.09. The van der Waals surface area contributed by atoms with Gasteiger partial charge in [-0.2, -0.15) is 5.10 Å². The van der Waals surface area contributed by atoms with Crippen LogP contribution in [0.1, 0.15) is 30.8 Å². The van der Waals surface area contributed by atoms with E-state index in [-0.39, 0.29) is 11.9 Å². The Morgan fingerprint density at radius 1 is 1.32 bits per heavy atom. The molecule has 25 heavy (non-hydrogen) atoms. The number of nitrogens with one attached hydrogen (secondary N) is 1. The molecule has 3 aromatic rings. The van der Waals surface area contributed by atoms with Crippen LogP contribution in [0.4, 0.5) is 0 Å². The van der Waals surface area contributed by atoms with Gasteiger partial charge >= 0.3 is 0 Å². The van der Waals surface area contributed by atoms with Crippen LogP contribution in [-0.2, 0) is 0 Å². The van der Waals surface area contributed by atoms with Crippen molar-refractivity contribution < 1.29 is 9.53 Å². The highest BCUT2D eigenvalue weighted by Crippen LogP contribution is 2.26. The Labute approximate surface area is 151 Å². The Morgan fingerprint density at radius 3 is 2.68 bits per heavy atom. The fourth-order valence-corrected chi connectivity index (χ4v) is 3.09. The smallest absolute Gasteiger partial charge is 0.270 e. The van der Waals surface area contributed by atoms with Crippen molar-refractivity contribution in [2.45, 2.75) is 26.3 Å². The minimum Gasteiger partial charge on any atom is -0.497 e. The summed E-state index contributed by atoms with van der Waals surface area (Å²) in [6, 6.07) is 13.4. The number of amides is 1. The van der Waals surface area contributed by atoms with Crippen molar-refractivity contribution in [1.29, 1.82) is 0 Å². The quantitative estimate of drug-likeness (QED) is 0.723. The molecule has 0 bridgehead atoms. The molecule has 1 atom stereocenters. The molecule has 0 unspecified atom stereocenters. The van der Waals surface area contributed by atoms with Gasteiger partial charge in [0.1, 0.15) is 17.1 Å². The number of hydrogen-bond donors (Lipinski definition) is 1. The number of carbonyl (C=O) groups is 1. The Balaban J connectivity index is 2.03. The zero-order valence-electron chi connectivity index (χ0n) is 14.5. The first-order chi connectivity index (χ1) is 12.1. The number of thiophene rings is 1. The van der Waals surface area contributed by atoms with Crippen molar-refractivity contribution >= 4 is 17.2 Å². The molecule has 1 N–H and O–H groups in total. The van der Waals surface area contributed by atoms with Crippen molar-refractivity contribution in [3.8, 4) is 22.0 Å². The summed E-state index contributed by atoms with van der Waals surface area (Å²) < 4.78 is 6.89. The van der Waals surface area contributed by atoms with Crippen LogP contribution < -0.4 is 10.1 Å². The summed E-state index contributed by atoms with van der Waals surface area (Å²) in [5.41, 5.74) is 2.13. The molecule has 0 saturated carbocycles. The van der Waals surface area contributed by atoms with Crippen LogP contribution in [0.2, 0.25) is 0 Å². The Kier molecular flexibility index (Phi) is 5.19. The van der Waals surface area contributed by atoms with Gasteiger partial charge < -0.3 is 10.1 Å². The predicted molar refractivity (Wildman–Crippen MR) is 101 cm³/mol. The molecule has 130 valence electrons. The number of aromatic nitrogens is 2. The molecule has 1 aromatic carbocycles. The van der Waals surface area contributed by atoms with Gasteiger partial charge in [0.15, 0.2) is 0 Å². The molecule has 0 saturated heterocycles. The minimum atomic E-state index is -0.125. The second-order valence-corrected chi connectivity index (χ2v) is 6.73. The predicted octanol–water partition coefficient (Wildman–Crippen LogP) is 4.14. The van der Waals surface area contributed by atoms with Gasteiger partial charge in [-0.15, -0.1) is 11.3 Å². The van der Waals surface area contributed by atoms with E-state index in [1.165, 1.54) is 0 Å². The molecule has 2 aromatic heterocycles. The lowest BCUT2D eigenvalue weighted by Crippen LogP contribution is -2.33. The summed E-state index contributed by atoms with van der Waals surface area (Å²) >= 11 is 1.60. The van der Waals surface area contributed by atoms with Crippen molar-refractivity contribution in [3.63, 3.8) is 0 Å². The molecule has 0 aliphatic rings. The summed E-state index contributed by atoms with van der Waals surface area (Å²) in [4.78, 5) is 13.8. The Morgan fingerprint density at radius 2 is 2.08 bits per heavy atom. The second kappa shape index (κ2) is 7.53. The maximum Gasteiger partial charge on any atom is 0.270 e. The van der Waals surface area contributed by atoms with Crippen molar-refractivity contribution in [2.75, 3.05) is 7.11 Å². The average molecular weight is 355 g/mol. The molecule has 2 heterocycles. The first-order valence-electron chi connectivity index (χ1n) is 8.21. The van der Waals surface area contributed by atoms with Crippen molar-refractivity contribution in [1.82, 2.24) is 15.1 Å². The van der Waals surface area contributed by atoms with Crippen LogP contribution in [-0.4, -0.2) is 28.8 Å². The fraction of sp³-hybridized carbons (Fsp3) is 0.263. The number of ether oxygens (including phenoxy) is 1. The third-order valence-corrected chi connectivity index (χ3v) is 4.91. The van der Waals surface area contributed by atoms with E-state index in [2.05, 4.69) is 10.4 Å². The van der Waals surface area contributed by atoms with E-state index in [9.17, 15) is 4.79 Å². The van der Waals surface area contributed by atoms with Gasteiger partial charge in [0.2, 0.25) is 0 Å². The molecular formula is C19H21N3O2S. The summed E-state index contributed by atoms with van der Waals surface area (Å²) in [7, 11) is 1.63. The summed E-state index contributed by atoms with van der Waals surface area (Å²) in [5.74, 6) is 0.639. The fourth-order valence-electron chi connectivity index (χ4n) is 2.41. The van der Waals surface area contributed by atoms with Gasteiger partial charge in [-0.1, -0.05) is 13.0 Å². The van der Waals surface area contributed by atoms with Gasteiger partial charge in [0.25, 0.3) is 5.91 Å². The Bertz CT molecular complexity index is 838. The van der Waals surface area contributed by atoms with E-state index < -0.39 is 0 Å². The van der Waals surface area contributed by atoms with Crippen LogP contribution in [0.25, 0.3) is 16.3 Å². The molecule has 5 nitrogen and oxygen atoms in total. The molecule has 0 fully saturated rings. The lowest BCUT2D eigenvalue weighted by Gasteiger charge is -2.12. The Hall–Kier alpha value is -2.60. The van der Waals surface area contributed by atoms with E-state index in [0.29, 0.717) is 5.69 Å². The van der Waals surface area contributed by atoms with Crippen LogP contribution in [0.3, 0.4) is 0 Å². The molecule has 0 radical (unpaired) electrons. The number of rotatable bonds is 6. The SMILES string of the molecule is CC[C@H](C)NC(=O)c1cc(-c2cccs2)nn1-c1ccc(OC)cc1. The largest absolute Gasteiger partial charge is 0.497 e. The first kappa shape index (κ1) is 17.2. The van der Waals surface area contributed by atoms with Gasteiger partial charge in [0.05, 0.1) is 17.7 Å². The molecule has 0 aliphatic heterocycles. The molecule has 3 rings (SSSR count). The minimum absolute atomic E-state index is 0.108. The highest BCUT2D eigenvalue weighted by molar-refractivity contribution is 7.13. The molecule has 0 aliphatic carbocycles. The molecule has 6 heteroatoms. The average Bonchev–Trinajstić information content (AvgIpc) is 3.31. The number of carbonyl (C=O) groups excluding carboxylic acids is 1. The number of benzene rings is 1. The zero-order chi connectivity index (χ0) is 17.8. The number of hydrogen-bond acceptors (Lipinski definition) is 4. The van der Waals surface area contributed by atoms with Gasteiger partial charge in [-0.3, -0.25) is 4.79 Å². The molecule has 0 spiro atoms. The zero-order valence-corrected chi connectivity index (χ0v) is 15.3. The van der Waals surface area contributed by atoms with Crippen LogP contribution in [0.15, 0.2) is 47.8 Å². The lowest BCUT2D eigenvalue weighted by molar-refractivity contribution is 0.0931. The van der Waals surface area contributed by atoms with E-state index in [4.69, 9.17) is 4.74 Å². The van der Waals surface area contributed by atoms with Gasteiger partial charge in [-0.05, 0) is 55.1 Å². The van der Waals surface area contributed by atoms with Gasteiger partial charge in [-0.25, -0.2) is 4.68 Å². The maximum absolute atomic E-state index is 12.7. The van der Waals surface area contributed by atoms with E-state index in [1.54, 1.807) is 23.1 Å². The van der Waals surface area contributed by atoms with Gasteiger partial charge in [0, 0.05) is 6.04 Å². The van der Waals surface area contributed by atoms with Crippen LogP contribution >= 0.6 is 11.3 Å². The lowest BCUT2D eigenvalue weighted by atomic mass is 10.2.